The Labute approximate surface area is 104 Å². The van der Waals surface area contributed by atoms with Crippen LogP contribution >= 0.6 is 0 Å². The third kappa shape index (κ3) is 2.55. The van der Waals surface area contributed by atoms with Crippen molar-refractivity contribution < 1.29 is 0 Å². The van der Waals surface area contributed by atoms with E-state index in [0.29, 0.717) is 5.92 Å². The van der Waals surface area contributed by atoms with Gasteiger partial charge in [-0.25, -0.2) is 0 Å². The molecule has 2 rings (SSSR count). The Balaban J connectivity index is 2.47. The van der Waals surface area contributed by atoms with Crippen LogP contribution in [0.1, 0.15) is 36.6 Å². The van der Waals surface area contributed by atoms with Crippen LogP contribution in [0.2, 0.25) is 0 Å². The molecule has 0 amide bonds. The molecule has 0 unspecified atom stereocenters. The van der Waals surface area contributed by atoms with E-state index >= 15 is 0 Å². The molecule has 0 aliphatic rings. The largest absolute Gasteiger partial charge is 0.262 e. The maximum atomic E-state index is 4.24. The molecule has 88 valence electrons. The quantitative estimate of drug-likeness (QED) is 0.734. The molecule has 1 aromatic heterocycles. The van der Waals surface area contributed by atoms with Gasteiger partial charge in [0, 0.05) is 11.9 Å². The van der Waals surface area contributed by atoms with E-state index in [1.54, 1.807) is 0 Å². The van der Waals surface area contributed by atoms with Gasteiger partial charge in [0.15, 0.2) is 0 Å². The molecule has 0 aliphatic carbocycles. The van der Waals surface area contributed by atoms with Gasteiger partial charge in [-0.15, -0.1) is 0 Å². The Morgan fingerprint density at radius 2 is 1.76 bits per heavy atom. The lowest BCUT2D eigenvalue weighted by Gasteiger charge is -2.11. The second kappa shape index (κ2) is 4.70. The van der Waals surface area contributed by atoms with Gasteiger partial charge in [0.25, 0.3) is 0 Å². The third-order valence-electron chi connectivity index (χ3n) is 3.12. The van der Waals surface area contributed by atoms with E-state index in [4.69, 9.17) is 0 Å². The highest BCUT2D eigenvalue weighted by Crippen LogP contribution is 2.26. The van der Waals surface area contributed by atoms with Gasteiger partial charge in [-0.2, -0.15) is 0 Å². The van der Waals surface area contributed by atoms with Gasteiger partial charge >= 0.3 is 0 Å². The van der Waals surface area contributed by atoms with E-state index in [0.717, 1.165) is 5.69 Å². The van der Waals surface area contributed by atoms with Gasteiger partial charge in [0.05, 0.1) is 0 Å². The molecule has 0 saturated carbocycles. The molecular formula is C16H19N. The zero-order valence-electron chi connectivity index (χ0n) is 11.0. The number of aromatic nitrogens is 1. The summed E-state index contributed by atoms with van der Waals surface area (Å²) < 4.78 is 0. The monoisotopic (exact) mass is 225 g/mol. The first kappa shape index (κ1) is 11.8. The van der Waals surface area contributed by atoms with E-state index in [1.165, 1.54) is 22.3 Å². The molecule has 0 saturated heterocycles. The molecule has 0 radical (unpaired) electrons. The van der Waals surface area contributed by atoms with Gasteiger partial charge in [-0.1, -0.05) is 32.0 Å². The standard InChI is InChI=1S/C16H19N/c1-11(2)14-5-6-16(12(3)9-14)15-7-8-17-13(4)10-15/h5-11H,1-4H3. The Bertz CT molecular complexity index is 527. The molecule has 1 heterocycles. The first-order chi connectivity index (χ1) is 8.08. The smallest absolute Gasteiger partial charge is 0.0378 e. The number of nitrogens with zero attached hydrogens (tertiary/aromatic N) is 1. The Morgan fingerprint density at radius 1 is 1.00 bits per heavy atom. The van der Waals surface area contributed by atoms with E-state index in [-0.39, 0.29) is 0 Å². The zero-order chi connectivity index (χ0) is 12.4. The topological polar surface area (TPSA) is 12.9 Å². The number of benzene rings is 1. The fourth-order valence-corrected chi connectivity index (χ4v) is 2.08. The second-order valence-electron chi connectivity index (χ2n) is 4.91. The van der Waals surface area contributed by atoms with Crippen molar-refractivity contribution in [2.75, 3.05) is 0 Å². The van der Waals surface area contributed by atoms with Crippen LogP contribution in [0.5, 0.6) is 0 Å². The van der Waals surface area contributed by atoms with Crippen molar-refractivity contribution in [1.29, 1.82) is 0 Å². The van der Waals surface area contributed by atoms with Gasteiger partial charge < -0.3 is 0 Å². The average Bonchev–Trinajstić information content (AvgIpc) is 2.28. The summed E-state index contributed by atoms with van der Waals surface area (Å²) in [7, 11) is 0. The first-order valence-corrected chi connectivity index (χ1v) is 6.11. The summed E-state index contributed by atoms with van der Waals surface area (Å²) in [6, 6.07) is 10.9. The molecule has 2 aromatic rings. The molecular weight excluding hydrogens is 206 g/mol. The van der Waals surface area contributed by atoms with Crippen LogP contribution in [-0.2, 0) is 0 Å². The van der Waals surface area contributed by atoms with Crippen molar-refractivity contribution in [2.45, 2.75) is 33.6 Å². The summed E-state index contributed by atoms with van der Waals surface area (Å²) in [6.45, 7) is 8.66. The van der Waals surface area contributed by atoms with Crippen LogP contribution in [-0.4, -0.2) is 4.98 Å². The highest BCUT2D eigenvalue weighted by molar-refractivity contribution is 5.67. The summed E-state index contributed by atoms with van der Waals surface area (Å²) in [5.41, 5.74) is 6.36. The SMILES string of the molecule is Cc1cc(-c2ccc(C(C)C)cc2C)ccn1. The van der Waals surface area contributed by atoms with Crippen LogP contribution in [0.3, 0.4) is 0 Å². The summed E-state index contributed by atoms with van der Waals surface area (Å²) in [4.78, 5) is 4.24. The summed E-state index contributed by atoms with van der Waals surface area (Å²) in [6.07, 6.45) is 1.88. The van der Waals surface area contributed by atoms with Crippen molar-refractivity contribution >= 4 is 0 Å². The Morgan fingerprint density at radius 3 is 2.35 bits per heavy atom. The van der Waals surface area contributed by atoms with E-state index in [2.05, 4.69) is 56.1 Å². The molecule has 0 spiro atoms. The van der Waals surface area contributed by atoms with Crippen molar-refractivity contribution in [3.05, 3.63) is 53.3 Å². The Hall–Kier alpha value is -1.63. The molecule has 1 nitrogen and oxygen atoms in total. The lowest BCUT2D eigenvalue weighted by Crippen LogP contribution is -1.91. The number of hydrogen-bond donors (Lipinski definition) is 0. The number of aryl methyl sites for hydroxylation is 2. The van der Waals surface area contributed by atoms with Crippen molar-refractivity contribution in [3.63, 3.8) is 0 Å². The molecule has 1 heteroatoms. The van der Waals surface area contributed by atoms with Crippen LogP contribution in [0.25, 0.3) is 11.1 Å². The van der Waals surface area contributed by atoms with Gasteiger partial charge in [0.1, 0.15) is 0 Å². The molecule has 0 atom stereocenters. The van der Waals surface area contributed by atoms with Crippen molar-refractivity contribution in [3.8, 4) is 11.1 Å². The minimum Gasteiger partial charge on any atom is -0.262 e. The van der Waals surface area contributed by atoms with Crippen LogP contribution in [0.4, 0.5) is 0 Å². The number of rotatable bonds is 2. The summed E-state index contributed by atoms with van der Waals surface area (Å²) in [5, 5.41) is 0. The number of pyridine rings is 1. The normalized spacial score (nSPS) is 10.9. The molecule has 17 heavy (non-hydrogen) atoms. The van der Waals surface area contributed by atoms with Crippen LogP contribution in [0, 0.1) is 13.8 Å². The lowest BCUT2D eigenvalue weighted by atomic mass is 9.95. The van der Waals surface area contributed by atoms with E-state index < -0.39 is 0 Å². The molecule has 0 fully saturated rings. The first-order valence-electron chi connectivity index (χ1n) is 6.11. The van der Waals surface area contributed by atoms with Gasteiger partial charge in [-0.05, 0) is 54.2 Å². The minimum absolute atomic E-state index is 0.585. The minimum atomic E-state index is 0.585. The molecule has 0 aliphatic heterocycles. The molecule has 1 aromatic carbocycles. The second-order valence-corrected chi connectivity index (χ2v) is 4.91. The van der Waals surface area contributed by atoms with Crippen LogP contribution < -0.4 is 0 Å². The summed E-state index contributed by atoms with van der Waals surface area (Å²) >= 11 is 0. The van der Waals surface area contributed by atoms with E-state index in [9.17, 15) is 0 Å². The number of hydrogen-bond acceptors (Lipinski definition) is 1. The average molecular weight is 225 g/mol. The maximum Gasteiger partial charge on any atom is 0.0378 e. The maximum absolute atomic E-state index is 4.24. The van der Waals surface area contributed by atoms with Crippen molar-refractivity contribution in [1.82, 2.24) is 4.98 Å². The highest BCUT2D eigenvalue weighted by atomic mass is 14.6. The van der Waals surface area contributed by atoms with Crippen LogP contribution in [0.15, 0.2) is 36.5 Å². The predicted molar refractivity (Wildman–Crippen MR) is 73.2 cm³/mol. The van der Waals surface area contributed by atoms with E-state index in [1.807, 2.05) is 13.1 Å². The Kier molecular flexibility index (Phi) is 3.28. The van der Waals surface area contributed by atoms with Gasteiger partial charge in [0.2, 0.25) is 0 Å². The summed E-state index contributed by atoms with van der Waals surface area (Å²) in [5.74, 6) is 0.585. The fraction of sp³-hybridized carbons (Fsp3) is 0.312. The third-order valence-corrected chi connectivity index (χ3v) is 3.12. The predicted octanol–water partition coefficient (Wildman–Crippen LogP) is 4.49. The molecule has 0 N–H and O–H groups in total. The van der Waals surface area contributed by atoms with Crippen molar-refractivity contribution in [2.24, 2.45) is 0 Å². The zero-order valence-corrected chi connectivity index (χ0v) is 11.0. The lowest BCUT2D eigenvalue weighted by molar-refractivity contribution is 0.865. The van der Waals surface area contributed by atoms with Gasteiger partial charge in [-0.3, -0.25) is 4.98 Å². The fourth-order valence-electron chi connectivity index (χ4n) is 2.08. The molecule has 0 bridgehead atoms. The highest BCUT2D eigenvalue weighted by Gasteiger charge is 2.05.